The van der Waals surface area contributed by atoms with E-state index in [1.807, 2.05) is 19.0 Å². The van der Waals surface area contributed by atoms with Gasteiger partial charge in [0, 0.05) is 32.4 Å². The van der Waals surface area contributed by atoms with Gasteiger partial charge in [-0.05, 0) is 25.5 Å². The Morgan fingerprint density at radius 2 is 2.39 bits per heavy atom. The highest BCUT2D eigenvalue weighted by atomic mass is 16.2. The van der Waals surface area contributed by atoms with Crippen LogP contribution in [-0.4, -0.2) is 46.8 Å². The molecule has 2 atom stereocenters. The molecule has 1 N–H and O–H groups in total. The fraction of sp³-hybridized carbons (Fsp3) is 0.692. The third-order valence-electron chi connectivity index (χ3n) is 3.96. The average molecular weight is 250 g/mol. The van der Waals surface area contributed by atoms with Crippen molar-refractivity contribution >= 4 is 5.91 Å². The molecule has 0 saturated carbocycles. The van der Waals surface area contributed by atoms with Gasteiger partial charge in [-0.15, -0.1) is 0 Å². The number of likely N-dealkylation sites (tertiary alicyclic amines) is 1. The van der Waals surface area contributed by atoms with E-state index in [9.17, 15) is 4.79 Å². The minimum atomic E-state index is 0.100. The lowest BCUT2D eigenvalue weighted by Crippen LogP contribution is -2.50. The van der Waals surface area contributed by atoms with Crippen LogP contribution in [-0.2, 0) is 7.05 Å². The SMILES string of the molecule is CCC1CN(C(=O)c2ccnn2C)CCC1NC. The predicted molar refractivity (Wildman–Crippen MR) is 70.4 cm³/mol. The number of rotatable bonds is 3. The van der Waals surface area contributed by atoms with Crippen molar-refractivity contribution in [1.29, 1.82) is 0 Å². The van der Waals surface area contributed by atoms with Crippen molar-refractivity contribution in [2.24, 2.45) is 13.0 Å². The molecule has 1 saturated heterocycles. The molecule has 0 radical (unpaired) electrons. The van der Waals surface area contributed by atoms with Gasteiger partial charge in [0.05, 0.1) is 0 Å². The summed E-state index contributed by atoms with van der Waals surface area (Å²) in [6.45, 7) is 3.85. The number of piperidine rings is 1. The number of carbonyl (C=O) groups excluding carboxylic acids is 1. The Labute approximate surface area is 108 Å². The minimum Gasteiger partial charge on any atom is -0.337 e. The van der Waals surface area contributed by atoms with Crippen LogP contribution in [0.5, 0.6) is 0 Å². The van der Waals surface area contributed by atoms with E-state index in [0.29, 0.717) is 17.7 Å². The second-order valence-electron chi connectivity index (χ2n) is 4.94. The van der Waals surface area contributed by atoms with Gasteiger partial charge in [-0.3, -0.25) is 9.48 Å². The molecule has 18 heavy (non-hydrogen) atoms. The maximum Gasteiger partial charge on any atom is 0.272 e. The maximum absolute atomic E-state index is 12.4. The number of amides is 1. The predicted octanol–water partition coefficient (Wildman–Crippen LogP) is 0.880. The van der Waals surface area contributed by atoms with Gasteiger partial charge in [0.25, 0.3) is 5.91 Å². The van der Waals surface area contributed by atoms with E-state index in [1.165, 1.54) is 0 Å². The van der Waals surface area contributed by atoms with Crippen molar-refractivity contribution < 1.29 is 4.79 Å². The van der Waals surface area contributed by atoms with Gasteiger partial charge in [0.15, 0.2) is 0 Å². The molecule has 2 rings (SSSR count). The Morgan fingerprint density at radius 1 is 1.61 bits per heavy atom. The van der Waals surface area contributed by atoms with E-state index in [1.54, 1.807) is 16.9 Å². The summed E-state index contributed by atoms with van der Waals surface area (Å²) in [7, 11) is 3.82. The number of aryl methyl sites for hydroxylation is 1. The Morgan fingerprint density at radius 3 is 2.94 bits per heavy atom. The zero-order chi connectivity index (χ0) is 13.1. The summed E-state index contributed by atoms with van der Waals surface area (Å²) in [6, 6.07) is 2.32. The molecule has 1 aromatic heterocycles. The summed E-state index contributed by atoms with van der Waals surface area (Å²) in [5, 5.41) is 7.41. The highest BCUT2D eigenvalue weighted by Gasteiger charge is 2.30. The van der Waals surface area contributed by atoms with Crippen LogP contribution in [0.4, 0.5) is 0 Å². The molecule has 0 bridgehead atoms. The van der Waals surface area contributed by atoms with Crippen LogP contribution in [0.15, 0.2) is 12.3 Å². The van der Waals surface area contributed by atoms with Crippen molar-refractivity contribution in [2.75, 3.05) is 20.1 Å². The van der Waals surface area contributed by atoms with Crippen molar-refractivity contribution in [1.82, 2.24) is 20.0 Å². The molecule has 1 aliphatic heterocycles. The lowest BCUT2D eigenvalue weighted by atomic mass is 9.90. The zero-order valence-corrected chi connectivity index (χ0v) is 11.4. The largest absolute Gasteiger partial charge is 0.337 e. The van der Waals surface area contributed by atoms with E-state index < -0.39 is 0 Å². The lowest BCUT2D eigenvalue weighted by molar-refractivity contribution is 0.0620. The normalized spacial score (nSPS) is 24.3. The number of hydrogen-bond acceptors (Lipinski definition) is 3. The molecule has 1 aliphatic rings. The van der Waals surface area contributed by atoms with Gasteiger partial charge in [-0.25, -0.2) is 0 Å². The summed E-state index contributed by atoms with van der Waals surface area (Å²) < 4.78 is 1.65. The number of nitrogens with zero attached hydrogens (tertiary/aromatic N) is 3. The van der Waals surface area contributed by atoms with E-state index in [4.69, 9.17) is 0 Å². The van der Waals surface area contributed by atoms with Gasteiger partial charge in [-0.1, -0.05) is 13.3 Å². The van der Waals surface area contributed by atoms with E-state index in [0.717, 1.165) is 25.9 Å². The van der Waals surface area contributed by atoms with Crippen LogP contribution >= 0.6 is 0 Å². The van der Waals surface area contributed by atoms with Crippen molar-refractivity contribution in [3.05, 3.63) is 18.0 Å². The molecule has 1 fully saturated rings. The quantitative estimate of drug-likeness (QED) is 0.866. The standard InChI is InChI=1S/C13H22N4O/c1-4-10-9-17(8-6-11(10)14-2)13(18)12-5-7-15-16(12)3/h5,7,10-11,14H,4,6,8-9H2,1-3H3. The molecule has 0 spiro atoms. The highest BCUT2D eigenvalue weighted by molar-refractivity contribution is 5.92. The third kappa shape index (κ3) is 2.41. The van der Waals surface area contributed by atoms with Gasteiger partial charge in [0.2, 0.25) is 0 Å². The first-order valence-electron chi connectivity index (χ1n) is 6.62. The first kappa shape index (κ1) is 13.1. The van der Waals surface area contributed by atoms with Gasteiger partial charge in [0.1, 0.15) is 5.69 Å². The fourth-order valence-corrected chi connectivity index (χ4v) is 2.76. The number of nitrogens with one attached hydrogen (secondary N) is 1. The molecule has 1 aromatic rings. The topological polar surface area (TPSA) is 50.2 Å². The van der Waals surface area contributed by atoms with E-state index in [2.05, 4.69) is 17.3 Å². The average Bonchev–Trinajstić information content (AvgIpc) is 2.83. The van der Waals surface area contributed by atoms with Gasteiger partial charge in [-0.2, -0.15) is 5.10 Å². The first-order chi connectivity index (χ1) is 8.67. The number of hydrogen-bond donors (Lipinski definition) is 1. The van der Waals surface area contributed by atoms with Gasteiger partial charge >= 0.3 is 0 Å². The number of carbonyl (C=O) groups is 1. The smallest absolute Gasteiger partial charge is 0.272 e. The summed E-state index contributed by atoms with van der Waals surface area (Å²) in [4.78, 5) is 14.3. The molecule has 0 aromatic carbocycles. The Bertz CT molecular complexity index is 415. The van der Waals surface area contributed by atoms with E-state index in [-0.39, 0.29) is 5.91 Å². The Balaban J connectivity index is 2.07. The molecule has 5 heteroatoms. The first-order valence-corrected chi connectivity index (χ1v) is 6.62. The van der Waals surface area contributed by atoms with Crippen LogP contribution in [0.1, 0.15) is 30.3 Å². The monoisotopic (exact) mass is 250 g/mol. The highest BCUT2D eigenvalue weighted by Crippen LogP contribution is 2.21. The van der Waals surface area contributed by atoms with Crippen LogP contribution in [0, 0.1) is 5.92 Å². The van der Waals surface area contributed by atoms with E-state index >= 15 is 0 Å². The molecular weight excluding hydrogens is 228 g/mol. The third-order valence-corrected chi connectivity index (χ3v) is 3.96. The zero-order valence-electron chi connectivity index (χ0n) is 11.4. The summed E-state index contributed by atoms with van der Waals surface area (Å²) in [6.07, 6.45) is 3.80. The van der Waals surface area contributed by atoms with Crippen LogP contribution in [0.2, 0.25) is 0 Å². The summed E-state index contributed by atoms with van der Waals surface area (Å²) in [5.41, 5.74) is 0.674. The Hall–Kier alpha value is -1.36. The lowest BCUT2D eigenvalue weighted by Gasteiger charge is -2.38. The van der Waals surface area contributed by atoms with Crippen molar-refractivity contribution in [2.45, 2.75) is 25.8 Å². The molecule has 2 unspecified atom stereocenters. The van der Waals surface area contributed by atoms with Crippen molar-refractivity contribution in [3.63, 3.8) is 0 Å². The van der Waals surface area contributed by atoms with Crippen LogP contribution < -0.4 is 5.32 Å². The molecule has 1 amide bonds. The molecule has 0 aliphatic carbocycles. The molecule has 5 nitrogen and oxygen atoms in total. The summed E-state index contributed by atoms with van der Waals surface area (Å²) in [5.74, 6) is 0.643. The Kier molecular flexibility index (Phi) is 4.01. The minimum absolute atomic E-state index is 0.100. The van der Waals surface area contributed by atoms with Crippen LogP contribution in [0.3, 0.4) is 0 Å². The summed E-state index contributed by atoms with van der Waals surface area (Å²) >= 11 is 0. The maximum atomic E-state index is 12.4. The second-order valence-corrected chi connectivity index (χ2v) is 4.94. The molecule has 100 valence electrons. The van der Waals surface area contributed by atoms with Gasteiger partial charge < -0.3 is 10.2 Å². The van der Waals surface area contributed by atoms with Crippen molar-refractivity contribution in [3.8, 4) is 0 Å². The fourth-order valence-electron chi connectivity index (χ4n) is 2.76. The number of aromatic nitrogens is 2. The second kappa shape index (κ2) is 5.52. The molecule has 2 heterocycles. The molecular formula is C13H22N4O. The van der Waals surface area contributed by atoms with Crippen LogP contribution in [0.25, 0.3) is 0 Å².